The van der Waals surface area contributed by atoms with Gasteiger partial charge in [0.2, 0.25) is 0 Å². The molecule has 0 saturated carbocycles. The second kappa shape index (κ2) is 5.65. The third kappa shape index (κ3) is 2.69. The second-order valence-electron chi connectivity index (χ2n) is 5.83. The van der Waals surface area contributed by atoms with Gasteiger partial charge in [-0.05, 0) is 44.7 Å². The number of fused-ring (bicyclic) bond motifs is 1. The molecule has 1 atom stereocenters. The Kier molecular flexibility index (Phi) is 4.12. The molecule has 0 aliphatic rings. The van der Waals surface area contributed by atoms with E-state index in [0.717, 1.165) is 29.7 Å². The SMILES string of the molecule is Cc1nc2cccc(C(=O)O)c2n1C(C)CCC(C)C. The van der Waals surface area contributed by atoms with Gasteiger partial charge in [-0.25, -0.2) is 9.78 Å². The lowest BCUT2D eigenvalue weighted by Crippen LogP contribution is -2.10. The van der Waals surface area contributed by atoms with Gasteiger partial charge in [0.1, 0.15) is 5.82 Å². The van der Waals surface area contributed by atoms with E-state index in [1.165, 1.54) is 0 Å². The minimum Gasteiger partial charge on any atom is -0.478 e. The number of carboxylic acid groups (broad SMARTS) is 1. The van der Waals surface area contributed by atoms with Crippen LogP contribution in [0.5, 0.6) is 0 Å². The maximum atomic E-state index is 11.4. The van der Waals surface area contributed by atoms with Crippen LogP contribution in [0.3, 0.4) is 0 Å². The molecule has 0 radical (unpaired) electrons. The molecule has 1 unspecified atom stereocenters. The molecule has 0 amide bonds. The average Bonchev–Trinajstić information content (AvgIpc) is 2.71. The molecule has 4 heteroatoms. The molecule has 0 aliphatic heterocycles. The molecule has 0 saturated heterocycles. The summed E-state index contributed by atoms with van der Waals surface area (Å²) in [6.45, 7) is 8.48. The number of hydrogen-bond donors (Lipinski definition) is 1. The predicted octanol–water partition coefficient (Wildman–Crippen LogP) is 4.04. The zero-order valence-electron chi connectivity index (χ0n) is 12.6. The summed E-state index contributed by atoms with van der Waals surface area (Å²) in [5.41, 5.74) is 1.84. The van der Waals surface area contributed by atoms with Crippen LogP contribution in [0, 0.1) is 12.8 Å². The fourth-order valence-electron chi connectivity index (χ4n) is 2.68. The Morgan fingerprint density at radius 2 is 2.00 bits per heavy atom. The number of carbonyl (C=O) groups is 1. The van der Waals surface area contributed by atoms with E-state index in [1.807, 2.05) is 13.0 Å². The van der Waals surface area contributed by atoms with Crippen molar-refractivity contribution < 1.29 is 9.90 Å². The maximum Gasteiger partial charge on any atom is 0.337 e. The van der Waals surface area contributed by atoms with Gasteiger partial charge >= 0.3 is 5.97 Å². The van der Waals surface area contributed by atoms with Crippen molar-refractivity contribution in [1.82, 2.24) is 9.55 Å². The van der Waals surface area contributed by atoms with Crippen LogP contribution in [-0.4, -0.2) is 20.6 Å². The van der Waals surface area contributed by atoms with Gasteiger partial charge in [-0.3, -0.25) is 0 Å². The monoisotopic (exact) mass is 274 g/mol. The van der Waals surface area contributed by atoms with Crippen LogP contribution in [0.2, 0.25) is 0 Å². The molecule has 1 aromatic heterocycles. The lowest BCUT2D eigenvalue weighted by Gasteiger charge is -2.18. The zero-order valence-corrected chi connectivity index (χ0v) is 12.6. The highest BCUT2D eigenvalue weighted by molar-refractivity contribution is 6.01. The van der Waals surface area contributed by atoms with E-state index in [1.54, 1.807) is 12.1 Å². The molecule has 1 aromatic carbocycles. The number of rotatable bonds is 5. The minimum atomic E-state index is -0.896. The summed E-state index contributed by atoms with van der Waals surface area (Å²) in [5.74, 6) is 0.629. The lowest BCUT2D eigenvalue weighted by molar-refractivity contribution is 0.0698. The Morgan fingerprint density at radius 1 is 1.30 bits per heavy atom. The van der Waals surface area contributed by atoms with Gasteiger partial charge in [0.05, 0.1) is 16.6 Å². The summed E-state index contributed by atoms with van der Waals surface area (Å²) in [4.78, 5) is 15.9. The number of nitrogens with zero attached hydrogens (tertiary/aromatic N) is 2. The zero-order chi connectivity index (χ0) is 14.9. The van der Waals surface area contributed by atoms with Crippen LogP contribution in [-0.2, 0) is 0 Å². The summed E-state index contributed by atoms with van der Waals surface area (Å²) in [7, 11) is 0. The standard InChI is InChI=1S/C16H22N2O2/c1-10(2)8-9-11(3)18-12(4)17-14-7-5-6-13(15(14)18)16(19)20/h5-7,10-11H,8-9H2,1-4H3,(H,19,20). The van der Waals surface area contributed by atoms with Gasteiger partial charge in [-0.2, -0.15) is 0 Å². The van der Waals surface area contributed by atoms with Gasteiger partial charge in [0.15, 0.2) is 0 Å². The topological polar surface area (TPSA) is 55.1 Å². The molecule has 4 nitrogen and oxygen atoms in total. The first-order valence-corrected chi connectivity index (χ1v) is 7.12. The predicted molar refractivity (Wildman–Crippen MR) is 80.2 cm³/mol. The van der Waals surface area contributed by atoms with E-state index in [4.69, 9.17) is 0 Å². The van der Waals surface area contributed by atoms with Crippen LogP contribution >= 0.6 is 0 Å². The van der Waals surface area contributed by atoms with Gasteiger partial charge in [0, 0.05) is 6.04 Å². The van der Waals surface area contributed by atoms with Crippen molar-refractivity contribution in [3.63, 3.8) is 0 Å². The highest BCUT2D eigenvalue weighted by Gasteiger charge is 2.19. The molecule has 1 N–H and O–H groups in total. The molecular weight excluding hydrogens is 252 g/mol. The quantitative estimate of drug-likeness (QED) is 0.895. The van der Waals surface area contributed by atoms with Crippen LogP contribution in [0.4, 0.5) is 0 Å². The van der Waals surface area contributed by atoms with Crippen molar-refractivity contribution in [2.75, 3.05) is 0 Å². The second-order valence-corrected chi connectivity index (χ2v) is 5.83. The van der Waals surface area contributed by atoms with Gasteiger partial charge in [-0.15, -0.1) is 0 Å². The number of para-hydroxylation sites is 1. The molecule has 1 heterocycles. The molecule has 0 bridgehead atoms. The molecule has 0 aliphatic carbocycles. The first-order valence-electron chi connectivity index (χ1n) is 7.12. The Morgan fingerprint density at radius 3 is 2.60 bits per heavy atom. The largest absolute Gasteiger partial charge is 0.478 e. The van der Waals surface area contributed by atoms with Crippen molar-refractivity contribution in [2.45, 2.75) is 46.6 Å². The van der Waals surface area contributed by atoms with Gasteiger partial charge in [-0.1, -0.05) is 19.9 Å². The minimum absolute atomic E-state index is 0.253. The van der Waals surface area contributed by atoms with E-state index in [0.29, 0.717) is 11.5 Å². The molecule has 20 heavy (non-hydrogen) atoms. The van der Waals surface area contributed by atoms with Crippen molar-refractivity contribution in [2.24, 2.45) is 5.92 Å². The van der Waals surface area contributed by atoms with Crippen LogP contribution in [0.15, 0.2) is 18.2 Å². The maximum absolute atomic E-state index is 11.4. The molecule has 2 aromatic rings. The summed E-state index contributed by atoms with van der Waals surface area (Å²) in [5, 5.41) is 9.38. The number of aromatic nitrogens is 2. The fraction of sp³-hybridized carbons (Fsp3) is 0.500. The highest BCUT2D eigenvalue weighted by Crippen LogP contribution is 2.27. The van der Waals surface area contributed by atoms with E-state index >= 15 is 0 Å². The summed E-state index contributed by atoms with van der Waals surface area (Å²) >= 11 is 0. The van der Waals surface area contributed by atoms with Crippen LogP contribution in [0.1, 0.15) is 55.8 Å². The first kappa shape index (κ1) is 14.6. The molecule has 0 fully saturated rings. The smallest absolute Gasteiger partial charge is 0.337 e. The Hall–Kier alpha value is -1.84. The lowest BCUT2D eigenvalue weighted by atomic mass is 10.0. The molecular formula is C16H22N2O2. The molecule has 2 rings (SSSR count). The number of carboxylic acids is 1. The Balaban J connectivity index is 2.51. The van der Waals surface area contributed by atoms with Crippen LogP contribution in [0.25, 0.3) is 11.0 Å². The number of imidazole rings is 1. The van der Waals surface area contributed by atoms with Gasteiger partial charge in [0.25, 0.3) is 0 Å². The van der Waals surface area contributed by atoms with E-state index in [9.17, 15) is 9.90 Å². The van der Waals surface area contributed by atoms with E-state index < -0.39 is 5.97 Å². The van der Waals surface area contributed by atoms with E-state index in [-0.39, 0.29) is 6.04 Å². The summed E-state index contributed by atoms with van der Waals surface area (Å²) in [6, 6.07) is 5.53. The fourth-order valence-corrected chi connectivity index (χ4v) is 2.68. The van der Waals surface area contributed by atoms with E-state index in [2.05, 4.69) is 30.3 Å². The number of aromatic carboxylic acids is 1. The normalized spacial score (nSPS) is 13.1. The van der Waals surface area contributed by atoms with Crippen molar-refractivity contribution >= 4 is 17.0 Å². The number of benzene rings is 1. The number of hydrogen-bond acceptors (Lipinski definition) is 2. The third-order valence-electron chi connectivity index (χ3n) is 3.72. The van der Waals surface area contributed by atoms with Crippen molar-refractivity contribution in [3.05, 3.63) is 29.6 Å². The molecule has 108 valence electrons. The van der Waals surface area contributed by atoms with Crippen LogP contribution < -0.4 is 0 Å². The Labute approximate surface area is 119 Å². The summed E-state index contributed by atoms with van der Waals surface area (Å²) in [6.07, 6.45) is 2.15. The van der Waals surface area contributed by atoms with Crippen molar-refractivity contribution in [3.8, 4) is 0 Å². The molecule has 0 spiro atoms. The first-order chi connectivity index (χ1) is 9.41. The highest BCUT2D eigenvalue weighted by atomic mass is 16.4. The third-order valence-corrected chi connectivity index (χ3v) is 3.72. The average molecular weight is 274 g/mol. The van der Waals surface area contributed by atoms with Gasteiger partial charge < -0.3 is 9.67 Å². The summed E-state index contributed by atoms with van der Waals surface area (Å²) < 4.78 is 2.07. The Bertz CT molecular complexity index is 629. The number of aryl methyl sites for hydroxylation is 1. The van der Waals surface area contributed by atoms with Crippen molar-refractivity contribution in [1.29, 1.82) is 0 Å².